The zero-order chi connectivity index (χ0) is 11.2. The molecule has 14 heavy (non-hydrogen) atoms. The van der Waals surface area contributed by atoms with Gasteiger partial charge in [0.1, 0.15) is 5.60 Å². The van der Waals surface area contributed by atoms with E-state index in [1.54, 1.807) is 27.9 Å². The molecule has 0 fully saturated rings. The van der Waals surface area contributed by atoms with E-state index in [0.29, 0.717) is 13.2 Å². The first-order chi connectivity index (χ1) is 6.39. The van der Waals surface area contributed by atoms with Gasteiger partial charge in [0.2, 0.25) is 0 Å². The van der Waals surface area contributed by atoms with E-state index >= 15 is 0 Å². The number of ether oxygens (including phenoxy) is 2. The van der Waals surface area contributed by atoms with Gasteiger partial charge in [0.25, 0.3) is 0 Å². The highest BCUT2D eigenvalue weighted by atomic mass is 16.6. The molecule has 0 saturated carbocycles. The van der Waals surface area contributed by atoms with Crippen molar-refractivity contribution < 1.29 is 14.3 Å². The van der Waals surface area contributed by atoms with Gasteiger partial charge < -0.3 is 20.5 Å². The Kier molecular flexibility index (Phi) is 5.49. The van der Waals surface area contributed by atoms with Gasteiger partial charge in [-0.25, -0.2) is 4.79 Å². The summed E-state index contributed by atoms with van der Waals surface area (Å²) in [6.07, 6.45) is -0.468. The second kappa shape index (κ2) is 5.82. The summed E-state index contributed by atoms with van der Waals surface area (Å²) in [7, 11) is 1.55. The van der Waals surface area contributed by atoms with Crippen molar-refractivity contribution in [3.63, 3.8) is 0 Å². The van der Waals surface area contributed by atoms with Crippen molar-refractivity contribution in [2.75, 3.05) is 20.3 Å². The van der Waals surface area contributed by atoms with Crippen LogP contribution in [-0.2, 0) is 9.47 Å². The largest absolute Gasteiger partial charge is 0.444 e. The highest BCUT2D eigenvalue weighted by Gasteiger charge is 2.18. The van der Waals surface area contributed by atoms with Crippen molar-refractivity contribution in [3.05, 3.63) is 0 Å². The Morgan fingerprint density at radius 3 is 2.43 bits per heavy atom. The number of hydrogen-bond donors (Lipinski definition) is 2. The standard InChI is InChI=1S/C9H20N2O3/c1-9(2,3)14-8(12)11-7(5-10)6-13-4/h7H,5-6,10H2,1-4H3,(H,11,12)/t7-/m1/s1. The topological polar surface area (TPSA) is 73.6 Å². The second-order valence-electron chi connectivity index (χ2n) is 4.03. The van der Waals surface area contributed by atoms with E-state index in [9.17, 15) is 4.79 Å². The molecule has 0 aromatic carbocycles. The average molecular weight is 204 g/mol. The van der Waals surface area contributed by atoms with Crippen molar-refractivity contribution in [2.45, 2.75) is 32.4 Å². The van der Waals surface area contributed by atoms with Crippen LogP contribution >= 0.6 is 0 Å². The third kappa shape index (κ3) is 6.68. The Balaban J connectivity index is 3.91. The van der Waals surface area contributed by atoms with E-state index < -0.39 is 11.7 Å². The monoisotopic (exact) mass is 204 g/mol. The van der Waals surface area contributed by atoms with E-state index in [4.69, 9.17) is 15.2 Å². The first-order valence-corrected chi connectivity index (χ1v) is 4.57. The molecule has 84 valence electrons. The maximum atomic E-state index is 11.3. The number of methoxy groups -OCH3 is 1. The summed E-state index contributed by atoms with van der Waals surface area (Å²) in [6.45, 7) is 6.13. The van der Waals surface area contributed by atoms with E-state index in [0.717, 1.165) is 0 Å². The van der Waals surface area contributed by atoms with Crippen LogP contribution in [0.5, 0.6) is 0 Å². The number of amides is 1. The molecule has 1 atom stereocenters. The van der Waals surface area contributed by atoms with Gasteiger partial charge in [0.15, 0.2) is 0 Å². The summed E-state index contributed by atoms with van der Waals surface area (Å²) in [5.74, 6) is 0. The molecule has 0 bridgehead atoms. The van der Waals surface area contributed by atoms with Gasteiger partial charge in [0, 0.05) is 13.7 Å². The van der Waals surface area contributed by atoms with Crippen LogP contribution < -0.4 is 11.1 Å². The number of nitrogens with one attached hydrogen (secondary N) is 1. The Labute approximate surface area is 84.9 Å². The predicted molar refractivity (Wildman–Crippen MR) is 54.1 cm³/mol. The fraction of sp³-hybridized carbons (Fsp3) is 0.889. The summed E-state index contributed by atoms with van der Waals surface area (Å²) in [5, 5.41) is 2.61. The minimum Gasteiger partial charge on any atom is -0.444 e. The minimum absolute atomic E-state index is 0.199. The van der Waals surface area contributed by atoms with E-state index in [1.807, 2.05) is 0 Å². The molecule has 3 N–H and O–H groups in total. The summed E-state index contributed by atoms with van der Waals surface area (Å²) in [6, 6.07) is -0.199. The van der Waals surface area contributed by atoms with Gasteiger partial charge in [-0.15, -0.1) is 0 Å². The summed E-state index contributed by atoms with van der Waals surface area (Å²) in [4.78, 5) is 11.3. The van der Waals surface area contributed by atoms with E-state index in [2.05, 4.69) is 5.32 Å². The van der Waals surface area contributed by atoms with Gasteiger partial charge in [-0.2, -0.15) is 0 Å². The summed E-state index contributed by atoms with van der Waals surface area (Å²) in [5.41, 5.74) is 4.93. The molecule has 0 unspecified atom stereocenters. The van der Waals surface area contributed by atoms with Crippen molar-refractivity contribution in [1.82, 2.24) is 5.32 Å². The molecule has 0 spiro atoms. The lowest BCUT2D eigenvalue weighted by Crippen LogP contribution is -2.45. The number of nitrogens with two attached hydrogens (primary N) is 1. The van der Waals surface area contributed by atoms with E-state index in [-0.39, 0.29) is 6.04 Å². The lowest BCUT2D eigenvalue weighted by molar-refractivity contribution is 0.0472. The Bertz CT molecular complexity index is 177. The van der Waals surface area contributed by atoms with Crippen LogP contribution in [0.15, 0.2) is 0 Å². The van der Waals surface area contributed by atoms with Crippen LogP contribution in [0.3, 0.4) is 0 Å². The van der Waals surface area contributed by atoms with Crippen LogP contribution in [0.25, 0.3) is 0 Å². The van der Waals surface area contributed by atoms with Crippen molar-refractivity contribution in [1.29, 1.82) is 0 Å². The molecular weight excluding hydrogens is 184 g/mol. The van der Waals surface area contributed by atoms with Gasteiger partial charge in [-0.3, -0.25) is 0 Å². The third-order valence-corrected chi connectivity index (χ3v) is 1.37. The molecule has 0 radical (unpaired) electrons. The predicted octanol–water partition coefficient (Wildman–Crippen LogP) is 0.485. The fourth-order valence-corrected chi connectivity index (χ4v) is 0.844. The minimum atomic E-state index is -0.490. The first kappa shape index (κ1) is 13.2. The number of carbonyl (C=O) groups is 1. The summed E-state index contributed by atoms with van der Waals surface area (Å²) < 4.78 is 9.93. The number of rotatable bonds is 4. The number of carbonyl (C=O) groups excluding carboxylic acids is 1. The molecule has 5 heteroatoms. The SMILES string of the molecule is COC[C@@H](CN)NC(=O)OC(C)(C)C. The molecule has 1 amide bonds. The molecule has 0 aliphatic carbocycles. The number of alkyl carbamates (subject to hydrolysis) is 1. The zero-order valence-electron chi connectivity index (χ0n) is 9.29. The second-order valence-corrected chi connectivity index (χ2v) is 4.03. The van der Waals surface area contributed by atoms with Crippen molar-refractivity contribution in [3.8, 4) is 0 Å². The Morgan fingerprint density at radius 2 is 2.07 bits per heavy atom. The molecule has 0 aliphatic rings. The zero-order valence-corrected chi connectivity index (χ0v) is 9.29. The van der Waals surface area contributed by atoms with Gasteiger partial charge in [-0.1, -0.05) is 0 Å². The number of hydrogen-bond acceptors (Lipinski definition) is 4. The van der Waals surface area contributed by atoms with Crippen LogP contribution in [0.2, 0.25) is 0 Å². The molecule has 0 heterocycles. The van der Waals surface area contributed by atoms with Crippen LogP contribution in [-0.4, -0.2) is 38.0 Å². The Hall–Kier alpha value is -0.810. The van der Waals surface area contributed by atoms with Crippen LogP contribution in [0.1, 0.15) is 20.8 Å². The maximum Gasteiger partial charge on any atom is 0.407 e. The van der Waals surface area contributed by atoms with Gasteiger partial charge >= 0.3 is 6.09 Å². The molecule has 0 aliphatic heterocycles. The fourth-order valence-electron chi connectivity index (χ4n) is 0.844. The first-order valence-electron chi connectivity index (χ1n) is 4.57. The lowest BCUT2D eigenvalue weighted by atomic mass is 10.2. The maximum absolute atomic E-state index is 11.3. The quantitative estimate of drug-likeness (QED) is 0.698. The van der Waals surface area contributed by atoms with Crippen LogP contribution in [0.4, 0.5) is 4.79 Å². The molecule has 0 aromatic rings. The highest BCUT2D eigenvalue weighted by Crippen LogP contribution is 2.06. The molecule has 5 nitrogen and oxygen atoms in total. The third-order valence-electron chi connectivity index (χ3n) is 1.37. The van der Waals surface area contributed by atoms with Crippen LogP contribution in [0, 0.1) is 0 Å². The van der Waals surface area contributed by atoms with Crippen molar-refractivity contribution in [2.24, 2.45) is 5.73 Å². The Morgan fingerprint density at radius 1 is 1.50 bits per heavy atom. The lowest BCUT2D eigenvalue weighted by Gasteiger charge is -2.22. The molecule has 0 saturated heterocycles. The van der Waals surface area contributed by atoms with Gasteiger partial charge in [-0.05, 0) is 20.8 Å². The average Bonchev–Trinajstić information content (AvgIpc) is 2.00. The molecular formula is C9H20N2O3. The smallest absolute Gasteiger partial charge is 0.407 e. The molecule has 0 aromatic heterocycles. The van der Waals surface area contributed by atoms with Gasteiger partial charge in [0.05, 0.1) is 12.6 Å². The molecule has 0 rings (SSSR count). The van der Waals surface area contributed by atoms with Crippen molar-refractivity contribution >= 4 is 6.09 Å². The van der Waals surface area contributed by atoms with E-state index in [1.165, 1.54) is 0 Å². The normalized spacial score (nSPS) is 13.5. The highest BCUT2D eigenvalue weighted by molar-refractivity contribution is 5.68. The summed E-state index contributed by atoms with van der Waals surface area (Å²) >= 11 is 0.